The van der Waals surface area contributed by atoms with E-state index in [1.165, 1.54) is 13.3 Å². The average molecular weight is 174 g/mol. The van der Waals surface area contributed by atoms with Gasteiger partial charge < -0.3 is 9.74 Å². The Hall–Kier alpha value is -0.710. The Morgan fingerprint density at radius 3 is 3.18 bits per heavy atom. The molecule has 0 unspecified atom stereocenters. The maximum absolute atomic E-state index is 11.1. The second-order valence-electron chi connectivity index (χ2n) is 2.06. The van der Waals surface area contributed by atoms with Crippen molar-refractivity contribution >= 4 is 23.9 Å². The average Bonchev–Trinajstić information content (AvgIpc) is 2.52. The molecule has 0 atom stereocenters. The van der Waals surface area contributed by atoms with Crippen LogP contribution in [0.15, 0.2) is 5.16 Å². The summed E-state index contributed by atoms with van der Waals surface area (Å²) in [7, 11) is 1.42. The fourth-order valence-electron chi connectivity index (χ4n) is 0.767. The normalized spacial score (nSPS) is 17.7. The van der Waals surface area contributed by atoms with Crippen LogP contribution in [0.25, 0.3) is 0 Å². The number of thioether (sulfide) groups is 1. The van der Waals surface area contributed by atoms with Gasteiger partial charge >= 0.3 is 0 Å². The van der Waals surface area contributed by atoms with Gasteiger partial charge in [0.1, 0.15) is 13.3 Å². The molecule has 1 heterocycles. The van der Waals surface area contributed by atoms with Crippen molar-refractivity contribution in [3.05, 3.63) is 0 Å². The van der Waals surface area contributed by atoms with Crippen LogP contribution in [0, 0.1) is 0 Å². The van der Waals surface area contributed by atoms with Gasteiger partial charge in [-0.05, 0) is 0 Å². The van der Waals surface area contributed by atoms with Gasteiger partial charge in [0.2, 0.25) is 0 Å². The summed E-state index contributed by atoms with van der Waals surface area (Å²) < 4.78 is 0. The number of carbonyl (C=O) groups excluding carboxylic acids is 1. The van der Waals surface area contributed by atoms with Gasteiger partial charge in [0.05, 0.1) is 5.88 Å². The number of oxime groups is 1. The highest BCUT2D eigenvalue weighted by molar-refractivity contribution is 7.99. The molecular formula is C6H10N2O2S. The number of rotatable bonds is 2. The third-order valence-corrected chi connectivity index (χ3v) is 2.30. The Labute approximate surface area is 69.6 Å². The van der Waals surface area contributed by atoms with Crippen molar-refractivity contribution in [1.82, 2.24) is 4.90 Å². The molecule has 11 heavy (non-hydrogen) atoms. The zero-order valence-corrected chi connectivity index (χ0v) is 7.13. The van der Waals surface area contributed by atoms with Gasteiger partial charge in [0.25, 0.3) is 5.91 Å². The topological polar surface area (TPSA) is 41.9 Å². The molecule has 5 heteroatoms. The van der Waals surface area contributed by atoms with E-state index in [0.717, 1.165) is 18.2 Å². The fourth-order valence-corrected chi connectivity index (χ4v) is 1.72. The van der Waals surface area contributed by atoms with Crippen LogP contribution in [-0.2, 0) is 9.63 Å². The van der Waals surface area contributed by atoms with E-state index in [0.29, 0.717) is 0 Å². The van der Waals surface area contributed by atoms with Crippen LogP contribution in [0.2, 0.25) is 0 Å². The monoisotopic (exact) mass is 174 g/mol. The molecule has 62 valence electrons. The lowest BCUT2D eigenvalue weighted by Crippen LogP contribution is -2.28. The number of nitrogens with zero attached hydrogens (tertiary/aromatic N) is 2. The summed E-state index contributed by atoms with van der Waals surface area (Å²) in [5, 5.41) is 3.39. The van der Waals surface area contributed by atoms with Crippen molar-refractivity contribution in [2.45, 2.75) is 0 Å². The first-order valence-corrected chi connectivity index (χ1v) is 4.43. The number of amides is 1. The van der Waals surface area contributed by atoms with Crippen molar-refractivity contribution in [1.29, 1.82) is 0 Å². The lowest BCUT2D eigenvalue weighted by Gasteiger charge is -2.09. The van der Waals surface area contributed by atoms with Crippen molar-refractivity contribution in [3.63, 3.8) is 0 Å². The molecule has 1 rings (SSSR count). The molecule has 0 aromatic heterocycles. The van der Waals surface area contributed by atoms with Crippen LogP contribution >= 0.6 is 11.8 Å². The summed E-state index contributed by atoms with van der Waals surface area (Å²) in [6.45, 7) is 0.819. The third kappa shape index (κ3) is 2.42. The van der Waals surface area contributed by atoms with Crippen molar-refractivity contribution in [2.24, 2.45) is 5.16 Å². The molecule has 4 nitrogen and oxygen atoms in total. The highest BCUT2D eigenvalue weighted by Gasteiger charge is 2.16. The second kappa shape index (κ2) is 4.23. The van der Waals surface area contributed by atoms with E-state index in [4.69, 9.17) is 0 Å². The molecule has 0 aromatic rings. The van der Waals surface area contributed by atoms with Crippen molar-refractivity contribution in [2.75, 3.05) is 25.3 Å². The Morgan fingerprint density at radius 1 is 1.82 bits per heavy atom. The zero-order chi connectivity index (χ0) is 8.10. The Morgan fingerprint density at radius 2 is 2.64 bits per heavy atom. The number of carbonyl (C=O) groups is 1. The molecule has 1 fully saturated rings. The van der Waals surface area contributed by atoms with Crippen molar-refractivity contribution in [3.8, 4) is 0 Å². The molecule has 1 saturated heterocycles. The first kappa shape index (κ1) is 8.39. The molecule has 0 aromatic carbocycles. The van der Waals surface area contributed by atoms with Gasteiger partial charge in [-0.3, -0.25) is 4.79 Å². The van der Waals surface area contributed by atoms with E-state index in [9.17, 15) is 4.79 Å². The number of hydrogen-bond donors (Lipinski definition) is 0. The minimum Gasteiger partial charge on any atom is -0.399 e. The Kier molecular flexibility index (Phi) is 3.22. The molecule has 0 aliphatic carbocycles. The van der Waals surface area contributed by atoms with E-state index in [2.05, 4.69) is 9.99 Å². The lowest BCUT2D eigenvalue weighted by molar-refractivity contribution is -0.122. The minimum absolute atomic E-state index is 0.0724. The standard InChI is InChI=1S/C6H10N2O2S/c1-10-7-4-6(9)8-2-3-11-5-8/h4H,2-3,5H2,1H3/b7-4+. The smallest absolute Gasteiger partial charge is 0.269 e. The first-order chi connectivity index (χ1) is 5.34. The van der Waals surface area contributed by atoms with Gasteiger partial charge in [-0.25, -0.2) is 0 Å². The SMILES string of the molecule is CO/N=C/C(=O)N1CCSC1. The highest BCUT2D eigenvalue weighted by Crippen LogP contribution is 2.12. The molecule has 0 radical (unpaired) electrons. The summed E-state index contributed by atoms with van der Waals surface area (Å²) in [6, 6.07) is 0. The molecule has 1 amide bonds. The second-order valence-corrected chi connectivity index (χ2v) is 3.13. The van der Waals surface area contributed by atoms with E-state index < -0.39 is 0 Å². The minimum atomic E-state index is -0.0724. The van der Waals surface area contributed by atoms with Crippen LogP contribution in [0.3, 0.4) is 0 Å². The fraction of sp³-hybridized carbons (Fsp3) is 0.667. The van der Waals surface area contributed by atoms with Gasteiger partial charge in [0.15, 0.2) is 0 Å². The Bertz CT molecular complexity index is 166. The van der Waals surface area contributed by atoms with Crippen LogP contribution in [-0.4, -0.2) is 42.3 Å². The van der Waals surface area contributed by atoms with E-state index in [1.54, 1.807) is 16.7 Å². The summed E-state index contributed by atoms with van der Waals surface area (Å²) in [4.78, 5) is 17.2. The molecule has 0 N–H and O–H groups in total. The largest absolute Gasteiger partial charge is 0.399 e. The first-order valence-electron chi connectivity index (χ1n) is 3.28. The molecular weight excluding hydrogens is 164 g/mol. The van der Waals surface area contributed by atoms with E-state index in [1.807, 2.05) is 0 Å². The summed E-state index contributed by atoms with van der Waals surface area (Å²) >= 11 is 1.75. The summed E-state index contributed by atoms with van der Waals surface area (Å²) in [5.41, 5.74) is 0. The van der Waals surface area contributed by atoms with E-state index in [-0.39, 0.29) is 5.91 Å². The Balaban J connectivity index is 2.34. The van der Waals surface area contributed by atoms with Gasteiger partial charge in [0, 0.05) is 12.3 Å². The third-order valence-electron chi connectivity index (χ3n) is 1.33. The van der Waals surface area contributed by atoms with Gasteiger partial charge in [-0.2, -0.15) is 0 Å². The lowest BCUT2D eigenvalue weighted by atomic mass is 10.5. The van der Waals surface area contributed by atoms with Crippen LogP contribution in [0.4, 0.5) is 0 Å². The van der Waals surface area contributed by atoms with Crippen LogP contribution in [0.5, 0.6) is 0 Å². The molecule has 0 spiro atoms. The zero-order valence-electron chi connectivity index (χ0n) is 6.32. The number of hydrogen-bond acceptors (Lipinski definition) is 4. The maximum atomic E-state index is 11.1. The van der Waals surface area contributed by atoms with Crippen LogP contribution in [0.1, 0.15) is 0 Å². The maximum Gasteiger partial charge on any atom is 0.269 e. The molecule has 0 bridgehead atoms. The van der Waals surface area contributed by atoms with E-state index >= 15 is 0 Å². The predicted molar refractivity (Wildman–Crippen MR) is 44.5 cm³/mol. The quantitative estimate of drug-likeness (QED) is 0.442. The van der Waals surface area contributed by atoms with Crippen molar-refractivity contribution < 1.29 is 9.63 Å². The van der Waals surface area contributed by atoms with Gasteiger partial charge in [-0.1, -0.05) is 5.16 Å². The molecule has 0 saturated carbocycles. The summed E-state index contributed by atoms with van der Waals surface area (Å²) in [5.74, 6) is 1.72. The molecule has 1 aliphatic rings. The highest BCUT2D eigenvalue weighted by atomic mass is 32.2. The van der Waals surface area contributed by atoms with Gasteiger partial charge in [-0.15, -0.1) is 11.8 Å². The summed E-state index contributed by atoms with van der Waals surface area (Å²) in [6.07, 6.45) is 1.20. The molecule has 1 aliphatic heterocycles. The predicted octanol–water partition coefficient (Wildman–Crippen LogP) is 0.152. The van der Waals surface area contributed by atoms with Crippen LogP contribution < -0.4 is 0 Å².